The lowest BCUT2D eigenvalue weighted by atomic mass is 9.89. The van der Waals surface area contributed by atoms with E-state index in [2.05, 4.69) is 39.9 Å². The number of hydrogen-bond donors (Lipinski definition) is 2. The number of rotatable bonds is 6. The van der Waals surface area contributed by atoms with Gasteiger partial charge in [0.25, 0.3) is 0 Å². The second-order valence-corrected chi connectivity index (χ2v) is 8.93. The Hall–Kier alpha value is -2.90. The normalized spacial score (nSPS) is 24.3. The van der Waals surface area contributed by atoms with E-state index in [9.17, 15) is 9.90 Å². The Bertz CT molecular complexity index is 1070. The molecule has 2 aromatic carbocycles. The van der Waals surface area contributed by atoms with Crippen molar-refractivity contribution in [2.24, 2.45) is 0 Å². The van der Waals surface area contributed by atoms with Crippen molar-refractivity contribution in [3.63, 3.8) is 0 Å². The van der Waals surface area contributed by atoms with Crippen LogP contribution in [0.5, 0.6) is 0 Å². The van der Waals surface area contributed by atoms with Crippen molar-refractivity contribution >= 4 is 17.1 Å². The monoisotopic (exact) mass is 434 g/mol. The van der Waals surface area contributed by atoms with Crippen molar-refractivity contribution in [3.05, 3.63) is 66.0 Å². The van der Waals surface area contributed by atoms with Gasteiger partial charge in [0.2, 0.25) is 0 Å². The summed E-state index contributed by atoms with van der Waals surface area (Å²) in [5.41, 5.74) is 3.27. The number of imidazole rings is 1. The van der Waals surface area contributed by atoms with Gasteiger partial charge in [-0.05, 0) is 43.9 Å². The molecule has 2 fully saturated rings. The average molecular weight is 435 g/mol. The molecule has 3 aromatic rings. The largest absolute Gasteiger partial charge is 0.465 e. The molecule has 0 radical (unpaired) electrons. The summed E-state index contributed by atoms with van der Waals surface area (Å²) in [6.07, 6.45) is 1.78. The van der Waals surface area contributed by atoms with Crippen LogP contribution in [0.4, 0.5) is 4.79 Å². The van der Waals surface area contributed by atoms with E-state index in [1.54, 1.807) is 0 Å². The lowest BCUT2D eigenvalue weighted by Gasteiger charge is -2.49. The fraction of sp³-hybridized carbons (Fsp3) is 0.440. The lowest BCUT2D eigenvalue weighted by molar-refractivity contribution is -0.0859. The van der Waals surface area contributed by atoms with Crippen LogP contribution in [0.15, 0.2) is 54.6 Å². The van der Waals surface area contributed by atoms with E-state index in [0.717, 1.165) is 55.9 Å². The van der Waals surface area contributed by atoms with Gasteiger partial charge in [0.15, 0.2) is 0 Å². The van der Waals surface area contributed by atoms with Crippen LogP contribution >= 0.6 is 0 Å². The Morgan fingerprint density at radius 2 is 1.78 bits per heavy atom. The summed E-state index contributed by atoms with van der Waals surface area (Å²) < 4.78 is 8.34. The van der Waals surface area contributed by atoms with Crippen LogP contribution in [0.2, 0.25) is 0 Å². The molecular formula is C25H30N4O3. The number of amides is 1. The first-order valence-electron chi connectivity index (χ1n) is 11.4. The number of morpholine rings is 1. The van der Waals surface area contributed by atoms with Crippen LogP contribution in [-0.4, -0.2) is 57.5 Å². The van der Waals surface area contributed by atoms with Crippen LogP contribution in [-0.2, 0) is 4.74 Å². The van der Waals surface area contributed by atoms with Gasteiger partial charge in [-0.25, -0.2) is 9.78 Å². The van der Waals surface area contributed by atoms with Gasteiger partial charge in [-0.15, -0.1) is 0 Å². The van der Waals surface area contributed by atoms with Crippen LogP contribution in [0.25, 0.3) is 11.0 Å². The van der Waals surface area contributed by atoms with Gasteiger partial charge in [0.1, 0.15) is 5.82 Å². The number of nitrogens with zero attached hydrogens (tertiary/aromatic N) is 3. The van der Waals surface area contributed by atoms with E-state index in [1.165, 1.54) is 5.52 Å². The quantitative estimate of drug-likeness (QED) is 0.609. The molecule has 5 rings (SSSR count). The molecule has 3 heterocycles. The summed E-state index contributed by atoms with van der Waals surface area (Å²) in [4.78, 5) is 18.7. The predicted octanol–water partition coefficient (Wildman–Crippen LogP) is 4.15. The number of fused-ring (bicyclic) bond motifs is 3. The molecule has 3 atom stereocenters. The number of aryl methyl sites for hydroxylation is 1. The minimum absolute atomic E-state index is 0.215. The maximum Gasteiger partial charge on any atom is 0.405 e. The summed E-state index contributed by atoms with van der Waals surface area (Å²) >= 11 is 0. The molecule has 32 heavy (non-hydrogen) atoms. The Balaban J connectivity index is 1.33. The van der Waals surface area contributed by atoms with Crippen molar-refractivity contribution in [1.82, 2.24) is 19.8 Å². The van der Waals surface area contributed by atoms with E-state index >= 15 is 0 Å². The maximum absolute atomic E-state index is 11.4. The van der Waals surface area contributed by atoms with Crippen molar-refractivity contribution in [2.75, 3.05) is 19.8 Å². The highest BCUT2D eigenvalue weighted by Crippen LogP contribution is 2.37. The van der Waals surface area contributed by atoms with E-state index in [-0.39, 0.29) is 6.04 Å². The Labute approximate surface area is 188 Å². The van der Waals surface area contributed by atoms with Crippen molar-refractivity contribution < 1.29 is 14.6 Å². The Kier molecular flexibility index (Phi) is 5.85. The highest BCUT2D eigenvalue weighted by Gasteiger charge is 2.40. The molecule has 168 valence electrons. The molecule has 0 saturated carbocycles. The number of benzene rings is 2. The summed E-state index contributed by atoms with van der Waals surface area (Å²) in [6.45, 7) is 4.39. The molecule has 2 aliphatic rings. The molecule has 0 spiro atoms. The second kappa shape index (κ2) is 8.92. The predicted molar refractivity (Wildman–Crippen MR) is 123 cm³/mol. The summed E-state index contributed by atoms with van der Waals surface area (Å²) in [7, 11) is 0. The van der Waals surface area contributed by atoms with Gasteiger partial charge >= 0.3 is 6.09 Å². The van der Waals surface area contributed by atoms with Gasteiger partial charge in [-0.2, -0.15) is 0 Å². The Morgan fingerprint density at radius 1 is 1.09 bits per heavy atom. The van der Waals surface area contributed by atoms with Crippen LogP contribution in [0, 0.1) is 6.92 Å². The highest BCUT2D eigenvalue weighted by atomic mass is 16.5. The first kappa shape index (κ1) is 21.0. The van der Waals surface area contributed by atoms with Crippen molar-refractivity contribution in [3.8, 4) is 0 Å². The number of aromatic nitrogens is 2. The molecule has 2 N–H and O–H groups in total. The van der Waals surface area contributed by atoms with Crippen LogP contribution < -0.4 is 5.32 Å². The minimum Gasteiger partial charge on any atom is -0.465 e. The molecule has 2 aliphatic heterocycles. The number of piperidine rings is 1. The number of nitrogens with one attached hydrogen (secondary N) is 1. The fourth-order valence-electron chi connectivity index (χ4n) is 5.60. The van der Waals surface area contributed by atoms with E-state index in [0.29, 0.717) is 18.1 Å². The number of ether oxygens (including phenoxy) is 1. The van der Waals surface area contributed by atoms with Gasteiger partial charge < -0.3 is 19.7 Å². The molecule has 7 heteroatoms. The van der Waals surface area contributed by atoms with E-state index in [1.807, 2.05) is 36.4 Å². The van der Waals surface area contributed by atoms with Gasteiger partial charge in [-0.3, -0.25) is 4.90 Å². The first-order valence-corrected chi connectivity index (χ1v) is 11.4. The van der Waals surface area contributed by atoms with Gasteiger partial charge in [-0.1, -0.05) is 42.5 Å². The molecular weight excluding hydrogens is 404 g/mol. The minimum atomic E-state index is -0.983. The van der Waals surface area contributed by atoms with Crippen LogP contribution in [0.3, 0.4) is 0 Å². The summed E-state index contributed by atoms with van der Waals surface area (Å²) in [5.74, 6) is 1.07. The van der Waals surface area contributed by atoms with E-state index in [4.69, 9.17) is 9.72 Å². The number of carbonyl (C=O) groups is 1. The van der Waals surface area contributed by atoms with Crippen LogP contribution in [0.1, 0.15) is 42.7 Å². The Morgan fingerprint density at radius 3 is 2.50 bits per heavy atom. The van der Waals surface area contributed by atoms with E-state index < -0.39 is 6.09 Å². The van der Waals surface area contributed by atoms with Gasteiger partial charge in [0, 0.05) is 24.7 Å². The maximum atomic E-state index is 11.4. The first-order chi connectivity index (χ1) is 15.6. The lowest BCUT2D eigenvalue weighted by Crippen LogP contribution is -2.57. The molecule has 2 unspecified atom stereocenters. The molecule has 1 aromatic heterocycles. The molecule has 7 nitrogen and oxygen atoms in total. The second-order valence-electron chi connectivity index (χ2n) is 8.93. The van der Waals surface area contributed by atoms with Gasteiger partial charge in [0.05, 0.1) is 30.3 Å². The third-order valence-corrected chi connectivity index (χ3v) is 6.96. The number of carboxylic acid groups (broad SMARTS) is 1. The highest BCUT2D eigenvalue weighted by molar-refractivity contribution is 5.76. The number of para-hydroxylation sites is 2. The third kappa shape index (κ3) is 4.10. The number of hydrogen-bond acceptors (Lipinski definition) is 4. The zero-order chi connectivity index (χ0) is 22.1. The molecule has 2 bridgehead atoms. The average Bonchev–Trinajstić information content (AvgIpc) is 3.12. The standard InChI is InChI=1S/C25H30N4O3/c1-17-26-23-9-5-6-10-24(23)29(17)19-13-20-15-32-16-21(14-19)28(20)12-11-22(27-25(30)31)18-7-3-2-4-8-18/h2-10,19-22,27H,11-16H2,1H3,(H,30,31)/t19?,20?,21?,22-/m0/s1. The topological polar surface area (TPSA) is 79.6 Å². The zero-order valence-electron chi connectivity index (χ0n) is 18.4. The zero-order valence-corrected chi connectivity index (χ0v) is 18.4. The molecule has 2 saturated heterocycles. The third-order valence-electron chi connectivity index (χ3n) is 6.96. The van der Waals surface area contributed by atoms with Crippen molar-refractivity contribution in [2.45, 2.75) is 50.4 Å². The smallest absolute Gasteiger partial charge is 0.405 e. The fourth-order valence-corrected chi connectivity index (χ4v) is 5.60. The summed E-state index contributed by atoms with van der Waals surface area (Å²) in [6, 6.07) is 19.1. The van der Waals surface area contributed by atoms with Crippen molar-refractivity contribution in [1.29, 1.82) is 0 Å². The molecule has 1 amide bonds. The summed E-state index contributed by atoms with van der Waals surface area (Å²) in [5, 5.41) is 12.0. The SMILES string of the molecule is Cc1nc2ccccc2n1C1CC2COCC(C1)N2CC[C@H](NC(=O)O)c1ccccc1. The molecule has 0 aliphatic carbocycles.